The van der Waals surface area contributed by atoms with Gasteiger partial charge in [0.2, 0.25) is 5.92 Å². The van der Waals surface area contributed by atoms with Gasteiger partial charge in [0.05, 0.1) is 0 Å². The lowest BCUT2D eigenvalue weighted by Crippen LogP contribution is -2.46. The summed E-state index contributed by atoms with van der Waals surface area (Å²) < 4.78 is 33.1. The average Bonchev–Trinajstić information content (AvgIpc) is 3.02. The molecule has 0 aromatic heterocycles. The summed E-state index contributed by atoms with van der Waals surface area (Å²) in [5.74, 6) is -4.56. The third-order valence-electron chi connectivity index (χ3n) is 5.45. The molecule has 142 valence electrons. The number of halogens is 2. The molecule has 0 bridgehead atoms. The Labute approximate surface area is 152 Å². The van der Waals surface area contributed by atoms with Crippen LogP contribution in [0, 0.1) is 5.92 Å². The van der Waals surface area contributed by atoms with Crippen molar-refractivity contribution in [3.8, 4) is 0 Å². The molecule has 1 aliphatic carbocycles. The third kappa shape index (κ3) is 3.81. The minimum atomic E-state index is -2.87. The first-order chi connectivity index (χ1) is 12.3. The molecule has 2 atom stereocenters. The Hall–Kier alpha value is -1.79. The van der Waals surface area contributed by atoms with E-state index in [0.29, 0.717) is 18.4 Å². The van der Waals surface area contributed by atoms with Gasteiger partial charge >= 0.3 is 5.97 Å². The fourth-order valence-corrected chi connectivity index (χ4v) is 3.85. The van der Waals surface area contributed by atoms with E-state index in [0.717, 1.165) is 18.7 Å². The van der Waals surface area contributed by atoms with Gasteiger partial charge in [0, 0.05) is 18.8 Å². The first-order valence-electron chi connectivity index (χ1n) is 9.10. The van der Waals surface area contributed by atoms with Crippen LogP contribution in [0.4, 0.5) is 8.78 Å². The zero-order valence-electron chi connectivity index (χ0n) is 14.7. The van der Waals surface area contributed by atoms with Crippen LogP contribution in [0.25, 0.3) is 6.08 Å². The maximum atomic E-state index is 13.8. The van der Waals surface area contributed by atoms with E-state index < -0.39 is 29.8 Å². The van der Waals surface area contributed by atoms with Crippen LogP contribution in [-0.4, -0.2) is 36.2 Å². The molecular weight excluding hydrogens is 340 g/mol. The molecule has 0 spiro atoms. The number of rotatable bonds is 5. The summed E-state index contributed by atoms with van der Waals surface area (Å²) in [6, 6.07) is 6.60. The fourth-order valence-electron chi connectivity index (χ4n) is 3.85. The van der Waals surface area contributed by atoms with Crippen molar-refractivity contribution in [1.29, 1.82) is 0 Å². The van der Waals surface area contributed by atoms with Crippen LogP contribution in [-0.2, 0) is 15.1 Å². The molecule has 1 saturated carbocycles. The van der Waals surface area contributed by atoms with E-state index in [4.69, 9.17) is 4.74 Å². The Balaban J connectivity index is 1.89. The molecule has 26 heavy (non-hydrogen) atoms. The minimum Gasteiger partial charge on any atom is -0.460 e. The quantitative estimate of drug-likeness (QED) is 0.787. The average molecular weight is 365 g/mol. The number of carbonyl (C=O) groups excluding carboxylic acids is 1. The highest BCUT2D eigenvalue weighted by Gasteiger charge is 2.54. The molecule has 0 radical (unpaired) electrons. The van der Waals surface area contributed by atoms with Crippen LogP contribution in [0.2, 0.25) is 0 Å². The number of hydrogen-bond donors (Lipinski definition) is 2. The number of ether oxygens (including phenoxy) is 1. The van der Waals surface area contributed by atoms with Crippen molar-refractivity contribution in [3.63, 3.8) is 0 Å². The molecule has 1 aliphatic heterocycles. The Morgan fingerprint density at radius 2 is 1.92 bits per heavy atom. The van der Waals surface area contributed by atoms with Gasteiger partial charge in [0.15, 0.2) is 5.60 Å². The zero-order chi connectivity index (χ0) is 18.8. The van der Waals surface area contributed by atoms with Gasteiger partial charge in [-0.15, -0.1) is 0 Å². The minimum absolute atomic E-state index is 0.0774. The second kappa shape index (κ2) is 7.45. The second-order valence-corrected chi connectivity index (χ2v) is 7.24. The first-order valence-corrected chi connectivity index (χ1v) is 9.10. The van der Waals surface area contributed by atoms with Crippen molar-refractivity contribution in [2.75, 3.05) is 13.1 Å². The summed E-state index contributed by atoms with van der Waals surface area (Å²) in [7, 11) is 0. The standard InChI is InChI=1S/C20H25F2NO3/c1-2-14-3-5-15(6-4-14)20(25,16-7-10-19(21,22)13-16)18(24)26-17-8-11-23-12-9-17/h2-6,16-17,23,25H,1,7-13H2. The highest BCUT2D eigenvalue weighted by atomic mass is 19.3. The van der Waals surface area contributed by atoms with E-state index >= 15 is 0 Å². The molecule has 3 rings (SSSR count). The third-order valence-corrected chi connectivity index (χ3v) is 5.45. The van der Waals surface area contributed by atoms with E-state index in [1.807, 2.05) is 0 Å². The normalized spacial score (nSPS) is 25.4. The van der Waals surface area contributed by atoms with Crippen molar-refractivity contribution in [2.45, 2.75) is 49.7 Å². The largest absolute Gasteiger partial charge is 0.460 e. The predicted molar refractivity (Wildman–Crippen MR) is 94.7 cm³/mol. The Kier molecular flexibility index (Phi) is 5.44. The van der Waals surface area contributed by atoms with E-state index in [-0.39, 0.29) is 18.9 Å². The summed E-state index contributed by atoms with van der Waals surface area (Å²) in [5, 5.41) is 14.5. The molecule has 2 aliphatic rings. The number of esters is 1. The maximum absolute atomic E-state index is 13.8. The number of alkyl halides is 2. The van der Waals surface area contributed by atoms with Gasteiger partial charge in [-0.25, -0.2) is 13.6 Å². The van der Waals surface area contributed by atoms with Crippen molar-refractivity contribution in [3.05, 3.63) is 42.0 Å². The van der Waals surface area contributed by atoms with Crippen LogP contribution in [0.15, 0.2) is 30.8 Å². The smallest absolute Gasteiger partial charge is 0.343 e. The van der Waals surface area contributed by atoms with Gasteiger partial charge in [0.1, 0.15) is 6.10 Å². The molecular formula is C20H25F2NO3. The van der Waals surface area contributed by atoms with Crippen LogP contribution >= 0.6 is 0 Å². The van der Waals surface area contributed by atoms with Gasteiger partial charge in [-0.3, -0.25) is 0 Å². The van der Waals surface area contributed by atoms with Gasteiger partial charge in [-0.2, -0.15) is 0 Å². The molecule has 2 fully saturated rings. The molecule has 2 unspecified atom stereocenters. The van der Waals surface area contributed by atoms with Crippen molar-refractivity contribution in [2.24, 2.45) is 5.92 Å². The highest BCUT2D eigenvalue weighted by molar-refractivity contribution is 5.82. The van der Waals surface area contributed by atoms with Crippen LogP contribution in [0.3, 0.4) is 0 Å². The predicted octanol–water partition coefficient (Wildman–Crippen LogP) is 3.25. The van der Waals surface area contributed by atoms with Gasteiger partial charge in [-0.05, 0) is 43.5 Å². The van der Waals surface area contributed by atoms with Crippen LogP contribution in [0.1, 0.15) is 43.2 Å². The van der Waals surface area contributed by atoms with Gasteiger partial charge in [-0.1, -0.05) is 36.9 Å². The number of aliphatic hydroxyl groups is 1. The molecule has 2 N–H and O–H groups in total. The highest BCUT2D eigenvalue weighted by Crippen LogP contribution is 2.48. The van der Waals surface area contributed by atoms with Gasteiger partial charge < -0.3 is 15.2 Å². The summed E-state index contributed by atoms with van der Waals surface area (Å²) in [6.45, 7) is 5.13. The first kappa shape index (κ1) is 19.0. The number of nitrogens with one attached hydrogen (secondary N) is 1. The van der Waals surface area contributed by atoms with Crippen LogP contribution < -0.4 is 5.32 Å². The lowest BCUT2D eigenvalue weighted by molar-refractivity contribution is -0.181. The summed E-state index contributed by atoms with van der Waals surface area (Å²) in [5.41, 5.74) is -0.950. The molecule has 1 saturated heterocycles. The van der Waals surface area contributed by atoms with E-state index in [1.165, 1.54) is 0 Å². The van der Waals surface area contributed by atoms with Crippen molar-refractivity contribution in [1.82, 2.24) is 5.32 Å². The van der Waals surface area contributed by atoms with E-state index in [2.05, 4.69) is 11.9 Å². The summed E-state index contributed by atoms with van der Waals surface area (Å²) in [6.07, 6.45) is 1.87. The Morgan fingerprint density at radius 3 is 2.46 bits per heavy atom. The molecule has 1 heterocycles. The van der Waals surface area contributed by atoms with Crippen molar-refractivity contribution >= 4 is 12.0 Å². The number of carbonyl (C=O) groups is 1. The number of piperidine rings is 1. The fraction of sp³-hybridized carbons (Fsp3) is 0.550. The number of hydrogen-bond acceptors (Lipinski definition) is 4. The zero-order valence-corrected chi connectivity index (χ0v) is 14.7. The van der Waals surface area contributed by atoms with E-state index in [1.54, 1.807) is 30.3 Å². The lowest BCUT2D eigenvalue weighted by Gasteiger charge is -2.34. The topological polar surface area (TPSA) is 58.6 Å². The SMILES string of the molecule is C=Cc1ccc(C(O)(C(=O)OC2CCNCC2)C2CCC(F)(F)C2)cc1. The maximum Gasteiger partial charge on any atom is 0.343 e. The van der Waals surface area contributed by atoms with Gasteiger partial charge in [0.25, 0.3) is 0 Å². The Bertz CT molecular complexity index is 656. The summed E-state index contributed by atoms with van der Waals surface area (Å²) >= 11 is 0. The molecule has 0 amide bonds. The molecule has 1 aromatic rings. The number of benzene rings is 1. The summed E-state index contributed by atoms with van der Waals surface area (Å²) in [4.78, 5) is 12.9. The molecule has 4 nitrogen and oxygen atoms in total. The van der Waals surface area contributed by atoms with Crippen molar-refractivity contribution < 1.29 is 23.4 Å². The molecule has 6 heteroatoms. The second-order valence-electron chi connectivity index (χ2n) is 7.24. The Morgan fingerprint density at radius 1 is 1.27 bits per heavy atom. The van der Waals surface area contributed by atoms with E-state index in [9.17, 15) is 18.7 Å². The molecule has 1 aromatic carbocycles. The lowest BCUT2D eigenvalue weighted by atomic mass is 9.79. The van der Waals surface area contributed by atoms with Crippen LogP contribution in [0.5, 0.6) is 0 Å². The monoisotopic (exact) mass is 365 g/mol.